The number of aryl methyl sites for hydroxylation is 1. The second-order valence-corrected chi connectivity index (χ2v) is 12.8. The molecule has 0 aliphatic heterocycles. The van der Waals surface area contributed by atoms with Crippen molar-refractivity contribution < 1.29 is 23.7 Å². The third kappa shape index (κ3) is 9.09. The SMILES string of the molecule is Cc1ccc(-c2ccc(/C=C(\NC(=O)c3ccccc3)C(=O)Nc3ccc(SC(C(=O)Nc4ccc([N+](=O)[O-])cc4)c4ccccc4)cc3)o2)cc1. The lowest BCUT2D eigenvalue weighted by molar-refractivity contribution is -0.384. The van der Waals surface area contributed by atoms with Crippen molar-refractivity contribution in [3.05, 3.63) is 184 Å². The van der Waals surface area contributed by atoms with Gasteiger partial charge >= 0.3 is 0 Å². The lowest BCUT2D eigenvalue weighted by Gasteiger charge is -2.17. The number of nitro benzene ring substituents is 1. The van der Waals surface area contributed by atoms with Crippen molar-refractivity contribution in [2.75, 3.05) is 10.6 Å². The fourth-order valence-corrected chi connectivity index (χ4v) is 6.14. The highest BCUT2D eigenvalue weighted by molar-refractivity contribution is 8.00. The van der Waals surface area contributed by atoms with Crippen molar-refractivity contribution in [2.45, 2.75) is 17.1 Å². The average Bonchev–Trinajstić information content (AvgIpc) is 3.64. The molecule has 0 aliphatic carbocycles. The zero-order chi connectivity index (χ0) is 36.5. The number of rotatable bonds is 12. The van der Waals surface area contributed by atoms with Gasteiger partial charge in [0.1, 0.15) is 22.5 Å². The Hall–Kier alpha value is -6.72. The molecule has 3 N–H and O–H groups in total. The van der Waals surface area contributed by atoms with Crippen molar-refractivity contribution in [1.29, 1.82) is 0 Å². The van der Waals surface area contributed by atoms with Gasteiger partial charge in [-0.05, 0) is 73.2 Å². The third-order valence-corrected chi connectivity index (χ3v) is 9.10. The van der Waals surface area contributed by atoms with Crippen LogP contribution in [-0.4, -0.2) is 22.6 Å². The van der Waals surface area contributed by atoms with Gasteiger partial charge in [0.25, 0.3) is 17.5 Å². The van der Waals surface area contributed by atoms with E-state index >= 15 is 0 Å². The third-order valence-electron chi connectivity index (χ3n) is 7.83. The molecule has 1 aromatic heterocycles. The average molecular weight is 709 g/mol. The summed E-state index contributed by atoms with van der Waals surface area (Å²) in [7, 11) is 0. The quantitative estimate of drug-likeness (QED) is 0.0498. The van der Waals surface area contributed by atoms with E-state index in [0.717, 1.165) is 21.6 Å². The molecule has 0 bridgehead atoms. The van der Waals surface area contributed by atoms with Gasteiger partial charge in [-0.15, -0.1) is 11.8 Å². The van der Waals surface area contributed by atoms with Crippen molar-refractivity contribution in [1.82, 2.24) is 5.32 Å². The molecule has 1 heterocycles. The maximum Gasteiger partial charge on any atom is 0.272 e. The second-order valence-electron chi connectivity index (χ2n) is 11.6. The number of furan rings is 1. The monoisotopic (exact) mass is 708 g/mol. The number of nitrogens with one attached hydrogen (secondary N) is 3. The van der Waals surface area contributed by atoms with Gasteiger partial charge < -0.3 is 20.4 Å². The number of hydrogen-bond acceptors (Lipinski definition) is 7. The van der Waals surface area contributed by atoms with Crippen LogP contribution in [0.5, 0.6) is 0 Å². The smallest absolute Gasteiger partial charge is 0.272 e. The van der Waals surface area contributed by atoms with Gasteiger partial charge in [0, 0.05) is 45.6 Å². The highest BCUT2D eigenvalue weighted by Crippen LogP contribution is 2.37. The zero-order valence-electron chi connectivity index (χ0n) is 27.8. The first-order valence-corrected chi connectivity index (χ1v) is 17.0. The van der Waals surface area contributed by atoms with Crippen LogP contribution in [0.25, 0.3) is 17.4 Å². The van der Waals surface area contributed by atoms with E-state index in [2.05, 4.69) is 16.0 Å². The largest absolute Gasteiger partial charge is 0.457 e. The minimum atomic E-state index is -0.655. The highest BCUT2D eigenvalue weighted by Gasteiger charge is 2.23. The Balaban J connectivity index is 1.19. The van der Waals surface area contributed by atoms with Crippen LogP contribution in [0, 0.1) is 17.0 Å². The summed E-state index contributed by atoms with van der Waals surface area (Å²) in [5, 5.41) is 18.8. The number of nitrogens with zero attached hydrogens (tertiary/aromatic N) is 1. The van der Waals surface area contributed by atoms with E-state index < -0.39 is 22.0 Å². The molecule has 1 atom stereocenters. The van der Waals surface area contributed by atoms with Gasteiger partial charge in [0.05, 0.1) is 4.92 Å². The molecule has 6 rings (SSSR count). The Morgan fingerprint density at radius 3 is 2.00 bits per heavy atom. The Morgan fingerprint density at radius 2 is 1.35 bits per heavy atom. The Kier molecular flexibility index (Phi) is 11.0. The number of amides is 3. The molecule has 258 valence electrons. The number of carbonyl (C=O) groups excluding carboxylic acids is 3. The van der Waals surface area contributed by atoms with E-state index in [1.807, 2.05) is 61.5 Å². The van der Waals surface area contributed by atoms with Gasteiger partial charge in [-0.1, -0.05) is 78.4 Å². The van der Waals surface area contributed by atoms with Gasteiger partial charge in [-0.3, -0.25) is 24.5 Å². The molecule has 0 spiro atoms. The van der Waals surface area contributed by atoms with Gasteiger partial charge in [0.15, 0.2) is 0 Å². The number of anilines is 2. The summed E-state index contributed by atoms with van der Waals surface area (Å²) in [4.78, 5) is 51.5. The first-order valence-electron chi connectivity index (χ1n) is 16.2. The molecule has 0 saturated heterocycles. The van der Waals surface area contributed by atoms with Crippen LogP contribution in [0.15, 0.2) is 161 Å². The van der Waals surface area contributed by atoms with Crippen molar-refractivity contribution in [3.63, 3.8) is 0 Å². The fraction of sp³-hybridized carbons (Fsp3) is 0.0488. The number of thioether (sulfide) groups is 1. The molecule has 0 radical (unpaired) electrons. The van der Waals surface area contributed by atoms with Crippen molar-refractivity contribution in [2.24, 2.45) is 0 Å². The van der Waals surface area contributed by atoms with Crippen LogP contribution in [0.1, 0.15) is 32.5 Å². The van der Waals surface area contributed by atoms with Crippen LogP contribution in [0.2, 0.25) is 0 Å². The van der Waals surface area contributed by atoms with Crippen LogP contribution >= 0.6 is 11.8 Å². The minimum Gasteiger partial charge on any atom is -0.457 e. The Bertz CT molecular complexity index is 2220. The maximum atomic E-state index is 13.6. The first kappa shape index (κ1) is 35.1. The van der Waals surface area contributed by atoms with Crippen molar-refractivity contribution >= 4 is 52.6 Å². The van der Waals surface area contributed by atoms with E-state index in [4.69, 9.17) is 4.42 Å². The standard InChI is InChI=1S/C41H32N4O6S/c1-27-12-14-28(15-13-27)37-25-22-34(51-37)26-36(44-39(46)30-10-6-3-7-11-30)40(47)42-32-18-23-35(24-19-32)52-38(29-8-4-2-5-9-29)41(48)43-31-16-20-33(21-17-31)45(49)50/h2-26,38H,1H3,(H,42,47)(H,43,48)(H,44,46)/b36-26-. The molecule has 0 aliphatic rings. The molecule has 10 nitrogen and oxygen atoms in total. The second kappa shape index (κ2) is 16.3. The fourth-order valence-electron chi connectivity index (χ4n) is 5.11. The number of hydrogen-bond donors (Lipinski definition) is 3. The molecule has 52 heavy (non-hydrogen) atoms. The lowest BCUT2D eigenvalue weighted by Crippen LogP contribution is -2.30. The van der Waals surface area contributed by atoms with Gasteiger partial charge in [-0.2, -0.15) is 0 Å². The molecule has 0 saturated carbocycles. The number of benzene rings is 5. The molecule has 5 aromatic carbocycles. The minimum absolute atomic E-state index is 0.0239. The zero-order valence-corrected chi connectivity index (χ0v) is 28.6. The Morgan fingerprint density at radius 1 is 0.731 bits per heavy atom. The van der Waals surface area contributed by atoms with E-state index in [-0.39, 0.29) is 17.3 Å². The predicted molar refractivity (Wildman–Crippen MR) is 203 cm³/mol. The molecule has 1 unspecified atom stereocenters. The molecule has 3 amide bonds. The van der Waals surface area contributed by atoms with E-state index in [1.54, 1.807) is 66.7 Å². The van der Waals surface area contributed by atoms with Gasteiger partial charge in [0.2, 0.25) is 5.91 Å². The van der Waals surface area contributed by atoms with Crippen LogP contribution in [0.4, 0.5) is 17.1 Å². The molecule has 11 heteroatoms. The lowest BCUT2D eigenvalue weighted by atomic mass is 10.1. The first-order chi connectivity index (χ1) is 25.2. The summed E-state index contributed by atoms with van der Waals surface area (Å²) in [6.45, 7) is 2.00. The molecule has 0 fully saturated rings. The van der Waals surface area contributed by atoms with Crippen molar-refractivity contribution in [3.8, 4) is 11.3 Å². The number of non-ortho nitro benzene ring substituents is 1. The normalized spacial score (nSPS) is 11.7. The van der Waals surface area contributed by atoms with E-state index in [0.29, 0.717) is 28.5 Å². The predicted octanol–water partition coefficient (Wildman–Crippen LogP) is 9.04. The summed E-state index contributed by atoms with van der Waals surface area (Å²) in [6, 6.07) is 41.8. The number of carbonyl (C=O) groups is 3. The van der Waals surface area contributed by atoms with E-state index in [9.17, 15) is 24.5 Å². The Labute approximate surface area is 303 Å². The number of nitro groups is 1. The summed E-state index contributed by atoms with van der Waals surface area (Å²) in [5.41, 5.74) is 3.92. The maximum absolute atomic E-state index is 13.6. The summed E-state index contributed by atoms with van der Waals surface area (Å²) >= 11 is 1.31. The topological polar surface area (TPSA) is 144 Å². The van der Waals surface area contributed by atoms with Crippen LogP contribution in [0.3, 0.4) is 0 Å². The van der Waals surface area contributed by atoms with E-state index in [1.165, 1.54) is 42.1 Å². The van der Waals surface area contributed by atoms with Crippen LogP contribution in [-0.2, 0) is 9.59 Å². The van der Waals surface area contributed by atoms with Crippen LogP contribution < -0.4 is 16.0 Å². The summed E-state index contributed by atoms with van der Waals surface area (Å²) < 4.78 is 6.02. The molecule has 6 aromatic rings. The van der Waals surface area contributed by atoms with Gasteiger partial charge in [-0.25, -0.2) is 0 Å². The summed E-state index contributed by atoms with van der Waals surface area (Å²) in [6.07, 6.45) is 1.48. The summed E-state index contributed by atoms with van der Waals surface area (Å²) in [5.74, 6) is -0.348. The molecular formula is C41H32N4O6S. The highest BCUT2D eigenvalue weighted by atomic mass is 32.2. The molecular weight excluding hydrogens is 677 g/mol.